The molecule has 0 saturated carbocycles. The molecule has 1 unspecified atom stereocenters. The standard InChI is InChI=1S/C16H16BrNO4S/c1-18-23(20,21)14-9-5-8-13(10-14)15(19)16(17)22-11-12-6-3-2-4-7-12/h2-10,16,18H,11H2,1H3. The summed E-state index contributed by atoms with van der Waals surface area (Å²) < 4.78 is 31.3. The van der Waals surface area contributed by atoms with E-state index in [0.717, 1.165) is 5.56 Å². The van der Waals surface area contributed by atoms with Gasteiger partial charge >= 0.3 is 0 Å². The third-order valence-electron chi connectivity index (χ3n) is 3.14. The maximum absolute atomic E-state index is 12.3. The quantitative estimate of drug-likeness (QED) is 0.575. The van der Waals surface area contributed by atoms with Gasteiger partial charge in [0.15, 0.2) is 5.01 Å². The van der Waals surface area contributed by atoms with Gasteiger partial charge in [0.1, 0.15) is 0 Å². The average molecular weight is 398 g/mol. The smallest absolute Gasteiger partial charge is 0.240 e. The van der Waals surface area contributed by atoms with Crippen LogP contribution in [0.2, 0.25) is 0 Å². The van der Waals surface area contributed by atoms with Crippen LogP contribution in [0.15, 0.2) is 59.5 Å². The molecule has 5 nitrogen and oxygen atoms in total. The summed E-state index contributed by atoms with van der Waals surface area (Å²) >= 11 is 3.19. The fourth-order valence-corrected chi connectivity index (χ4v) is 3.06. The van der Waals surface area contributed by atoms with Gasteiger partial charge in [0.05, 0.1) is 11.5 Å². The zero-order chi connectivity index (χ0) is 16.9. The molecule has 0 aliphatic carbocycles. The molecule has 0 aromatic heterocycles. The van der Waals surface area contributed by atoms with Crippen LogP contribution in [0.5, 0.6) is 0 Å². The van der Waals surface area contributed by atoms with Gasteiger partial charge in [-0.15, -0.1) is 0 Å². The first-order valence-electron chi connectivity index (χ1n) is 6.81. The molecule has 0 bridgehead atoms. The van der Waals surface area contributed by atoms with Crippen LogP contribution >= 0.6 is 15.9 Å². The van der Waals surface area contributed by atoms with Gasteiger partial charge in [0.25, 0.3) is 0 Å². The van der Waals surface area contributed by atoms with Gasteiger partial charge in [-0.2, -0.15) is 0 Å². The van der Waals surface area contributed by atoms with Gasteiger partial charge in [-0.3, -0.25) is 4.79 Å². The summed E-state index contributed by atoms with van der Waals surface area (Å²) in [6, 6.07) is 15.3. The molecule has 0 fully saturated rings. The van der Waals surface area contributed by atoms with Crippen molar-refractivity contribution in [2.45, 2.75) is 16.5 Å². The summed E-state index contributed by atoms with van der Waals surface area (Å²) in [4.78, 5) is 12.4. The lowest BCUT2D eigenvalue weighted by Crippen LogP contribution is -2.21. The van der Waals surface area contributed by atoms with Crippen LogP contribution < -0.4 is 4.72 Å². The number of alkyl halides is 1. The first-order chi connectivity index (χ1) is 10.9. The SMILES string of the molecule is CNS(=O)(=O)c1cccc(C(=O)C(Br)OCc2ccccc2)c1. The van der Waals surface area contributed by atoms with E-state index in [1.165, 1.54) is 25.2 Å². The van der Waals surface area contributed by atoms with E-state index in [1.54, 1.807) is 6.07 Å². The second-order valence-electron chi connectivity index (χ2n) is 4.71. The van der Waals surface area contributed by atoms with Crippen molar-refractivity contribution in [1.82, 2.24) is 4.72 Å². The fourth-order valence-electron chi connectivity index (χ4n) is 1.88. The van der Waals surface area contributed by atoms with Gasteiger partial charge in [0.2, 0.25) is 15.8 Å². The van der Waals surface area contributed by atoms with Crippen molar-refractivity contribution in [2.24, 2.45) is 0 Å². The Morgan fingerprint density at radius 3 is 2.52 bits per heavy atom. The second-order valence-corrected chi connectivity index (χ2v) is 7.43. The maximum atomic E-state index is 12.3. The Hall–Kier alpha value is -1.54. The van der Waals surface area contributed by atoms with Crippen molar-refractivity contribution in [2.75, 3.05) is 7.05 Å². The van der Waals surface area contributed by atoms with Gasteiger partial charge in [-0.25, -0.2) is 13.1 Å². The highest BCUT2D eigenvalue weighted by Crippen LogP contribution is 2.17. The maximum Gasteiger partial charge on any atom is 0.240 e. The van der Waals surface area contributed by atoms with Gasteiger partial charge in [0, 0.05) is 5.56 Å². The largest absolute Gasteiger partial charge is 0.354 e. The minimum absolute atomic E-state index is 0.0357. The Kier molecular flexibility index (Phi) is 6.06. The molecule has 23 heavy (non-hydrogen) atoms. The van der Waals surface area contributed by atoms with E-state index >= 15 is 0 Å². The van der Waals surface area contributed by atoms with Crippen molar-refractivity contribution in [3.8, 4) is 0 Å². The summed E-state index contributed by atoms with van der Waals surface area (Å²) in [6.07, 6.45) is 0. The number of nitrogens with one attached hydrogen (secondary N) is 1. The van der Waals surface area contributed by atoms with Gasteiger partial charge < -0.3 is 4.74 Å². The van der Waals surface area contributed by atoms with Crippen molar-refractivity contribution < 1.29 is 17.9 Å². The van der Waals surface area contributed by atoms with Crippen molar-refractivity contribution >= 4 is 31.7 Å². The summed E-state index contributed by atoms with van der Waals surface area (Å²) in [5.74, 6) is -0.339. The van der Waals surface area contributed by atoms with E-state index < -0.39 is 15.0 Å². The van der Waals surface area contributed by atoms with E-state index in [-0.39, 0.29) is 22.8 Å². The monoisotopic (exact) mass is 397 g/mol. The van der Waals surface area contributed by atoms with Crippen molar-refractivity contribution in [3.63, 3.8) is 0 Å². The minimum atomic E-state index is -3.59. The number of rotatable bonds is 7. The van der Waals surface area contributed by atoms with Gasteiger partial charge in [-0.05, 0) is 40.7 Å². The lowest BCUT2D eigenvalue weighted by molar-refractivity contribution is 0.0652. The Morgan fingerprint density at radius 1 is 1.17 bits per heavy atom. The number of ether oxygens (including phenoxy) is 1. The van der Waals surface area contributed by atoms with Crippen LogP contribution in [-0.2, 0) is 21.4 Å². The third-order valence-corrected chi connectivity index (χ3v) is 5.24. The topological polar surface area (TPSA) is 72.5 Å². The summed E-state index contributed by atoms with van der Waals surface area (Å²) in [5.41, 5.74) is 1.20. The number of carbonyl (C=O) groups excluding carboxylic acids is 1. The number of hydrogen-bond acceptors (Lipinski definition) is 4. The molecule has 2 aromatic carbocycles. The number of Topliss-reactive ketones (excluding diaryl/α,β-unsaturated/α-hetero) is 1. The molecule has 1 atom stereocenters. The first kappa shape index (κ1) is 17.8. The van der Waals surface area contributed by atoms with E-state index in [9.17, 15) is 13.2 Å². The number of sulfonamides is 1. The zero-order valence-electron chi connectivity index (χ0n) is 12.4. The van der Waals surface area contributed by atoms with Crippen molar-refractivity contribution in [3.05, 3.63) is 65.7 Å². The Bertz CT molecular complexity index is 778. The van der Waals surface area contributed by atoms with E-state index in [0.29, 0.717) is 0 Å². The van der Waals surface area contributed by atoms with Crippen LogP contribution in [0.3, 0.4) is 0 Å². The molecule has 0 saturated heterocycles. The van der Waals surface area contributed by atoms with Crippen molar-refractivity contribution in [1.29, 1.82) is 0 Å². The lowest BCUT2D eigenvalue weighted by Gasteiger charge is -2.11. The number of halogens is 1. The molecule has 0 amide bonds. The first-order valence-corrected chi connectivity index (χ1v) is 9.21. The van der Waals surface area contributed by atoms with Crippen LogP contribution in [0.4, 0.5) is 0 Å². The highest BCUT2D eigenvalue weighted by molar-refractivity contribution is 9.09. The summed E-state index contributed by atoms with van der Waals surface area (Å²) in [6.45, 7) is 0.275. The number of carbonyl (C=O) groups is 1. The van der Waals surface area contributed by atoms with E-state index in [4.69, 9.17) is 4.74 Å². The molecule has 0 aliphatic heterocycles. The molecular formula is C16H16BrNO4S. The number of benzene rings is 2. The summed E-state index contributed by atoms with van der Waals surface area (Å²) in [5, 5.41) is -0.852. The Morgan fingerprint density at radius 2 is 1.87 bits per heavy atom. The molecule has 122 valence electrons. The number of ketones is 1. The Labute approximate surface area is 143 Å². The fraction of sp³-hybridized carbons (Fsp3) is 0.188. The van der Waals surface area contributed by atoms with Crippen LogP contribution in [0.25, 0.3) is 0 Å². The summed E-state index contributed by atoms with van der Waals surface area (Å²) in [7, 11) is -2.27. The molecule has 2 aromatic rings. The normalized spacial score (nSPS) is 12.8. The molecule has 2 rings (SSSR count). The highest BCUT2D eigenvalue weighted by Gasteiger charge is 2.20. The average Bonchev–Trinajstić information content (AvgIpc) is 2.60. The molecule has 7 heteroatoms. The number of hydrogen-bond donors (Lipinski definition) is 1. The molecule has 0 heterocycles. The highest BCUT2D eigenvalue weighted by atomic mass is 79.9. The third kappa shape index (κ3) is 4.71. The predicted octanol–water partition coefficient (Wildman–Crippen LogP) is 2.72. The zero-order valence-corrected chi connectivity index (χ0v) is 14.8. The Balaban J connectivity index is 2.09. The second kappa shape index (κ2) is 7.83. The molecular weight excluding hydrogens is 382 g/mol. The van der Waals surface area contributed by atoms with Crippen LogP contribution in [0, 0.1) is 0 Å². The molecule has 1 N–H and O–H groups in total. The molecule has 0 spiro atoms. The van der Waals surface area contributed by atoms with E-state index in [2.05, 4.69) is 20.7 Å². The molecule has 0 radical (unpaired) electrons. The minimum Gasteiger partial charge on any atom is -0.354 e. The van der Waals surface area contributed by atoms with Gasteiger partial charge in [-0.1, -0.05) is 42.5 Å². The lowest BCUT2D eigenvalue weighted by atomic mass is 10.1. The predicted molar refractivity (Wildman–Crippen MR) is 91.0 cm³/mol. The van der Waals surface area contributed by atoms with Crippen LogP contribution in [-0.4, -0.2) is 26.3 Å². The van der Waals surface area contributed by atoms with Crippen LogP contribution in [0.1, 0.15) is 15.9 Å². The van der Waals surface area contributed by atoms with E-state index in [1.807, 2.05) is 30.3 Å². The molecule has 0 aliphatic rings.